The van der Waals surface area contributed by atoms with Crippen LogP contribution >= 0.6 is 0 Å². The Hall–Kier alpha value is -1.90. The number of allylic oxidation sites excluding steroid dienone is 4. The lowest BCUT2D eigenvalue weighted by atomic mass is 9.44. The highest BCUT2D eigenvalue weighted by Crippen LogP contribution is 2.70. The van der Waals surface area contributed by atoms with Crippen molar-refractivity contribution < 1.29 is 38.1 Å². The molecule has 4 rings (SSSR count). The Balaban J connectivity index is 1.70. The fourth-order valence-electron chi connectivity index (χ4n) is 7.67. The molecule has 0 unspecified atom stereocenters. The lowest BCUT2D eigenvalue weighted by molar-refractivity contribution is -0.238. The van der Waals surface area contributed by atoms with Crippen LogP contribution in [0.2, 0.25) is 0 Å². The first-order chi connectivity index (χ1) is 16.5. The maximum absolute atomic E-state index is 17.2. The number of hydrogen-bond acceptors (Lipinski definition) is 7. The standard InChI is InChI=1S/C27H37FO7/c1-5-6-23(32)34-15-22(31)26(35-16-33-4)12-10-19-20-8-7-17-13-18(29)9-11-24(17,2)27(20,28)21(30)14-25(19,26)3/h9,11,13,19-21,30H,5-8,10,12,14-16H2,1-4H3/t19-,20-,21-,24-,25-,26-,27-/m0/s1. The number of aliphatic hydroxyl groups excluding tert-OH is 1. The second-order valence-corrected chi connectivity index (χ2v) is 11.0. The highest BCUT2D eigenvalue weighted by molar-refractivity contribution is 6.01. The number of rotatable bonds is 8. The van der Waals surface area contributed by atoms with E-state index < -0.39 is 46.7 Å². The van der Waals surface area contributed by atoms with E-state index in [0.29, 0.717) is 37.7 Å². The molecule has 4 aliphatic rings. The van der Waals surface area contributed by atoms with Gasteiger partial charge in [0.1, 0.15) is 12.4 Å². The van der Waals surface area contributed by atoms with Crippen LogP contribution in [0.4, 0.5) is 4.39 Å². The molecule has 1 N–H and O–H groups in total. The zero-order chi connectivity index (χ0) is 25.6. The molecule has 3 fully saturated rings. The van der Waals surface area contributed by atoms with E-state index in [9.17, 15) is 19.5 Å². The molecule has 3 saturated carbocycles. The summed E-state index contributed by atoms with van der Waals surface area (Å²) in [6.45, 7) is 4.94. The molecule has 0 bridgehead atoms. The highest BCUT2D eigenvalue weighted by Gasteiger charge is 2.74. The highest BCUT2D eigenvalue weighted by atomic mass is 19.1. The normalized spacial score (nSPS) is 42.1. The van der Waals surface area contributed by atoms with Crippen LogP contribution in [0.1, 0.15) is 65.7 Å². The molecular weight excluding hydrogens is 455 g/mol. The fraction of sp³-hybridized carbons (Fsp3) is 0.741. The zero-order valence-electron chi connectivity index (χ0n) is 21.1. The summed E-state index contributed by atoms with van der Waals surface area (Å²) in [5.74, 6) is -1.77. The Kier molecular flexibility index (Phi) is 6.88. The van der Waals surface area contributed by atoms with Gasteiger partial charge in [0.25, 0.3) is 0 Å². The molecule has 0 amide bonds. The molecule has 0 spiro atoms. The van der Waals surface area contributed by atoms with Crippen molar-refractivity contribution in [2.24, 2.45) is 22.7 Å². The molecule has 0 saturated heterocycles. The van der Waals surface area contributed by atoms with Crippen molar-refractivity contribution in [2.75, 3.05) is 20.5 Å². The Morgan fingerprint density at radius 1 is 1.23 bits per heavy atom. The van der Waals surface area contributed by atoms with Gasteiger partial charge in [-0.3, -0.25) is 14.4 Å². The van der Waals surface area contributed by atoms with Gasteiger partial charge in [0, 0.05) is 30.3 Å². The number of carbonyl (C=O) groups is 3. The molecule has 8 heteroatoms. The minimum atomic E-state index is -1.98. The average Bonchev–Trinajstić information content (AvgIpc) is 3.10. The minimum absolute atomic E-state index is 0.00762. The Morgan fingerprint density at radius 2 is 1.97 bits per heavy atom. The number of alkyl halides is 1. The lowest BCUT2D eigenvalue weighted by Crippen LogP contribution is -2.69. The SMILES string of the molecule is CCCC(=O)OCC(=O)[C@@]1(OCOC)CC[C@H]2[C@@H]3CCC4=CC(=O)C=C[C@]4(C)[C@@]3(F)[C@@H](O)C[C@@]21C. The van der Waals surface area contributed by atoms with E-state index in [1.165, 1.54) is 19.3 Å². The molecule has 0 aromatic heterocycles. The summed E-state index contributed by atoms with van der Waals surface area (Å²) in [4.78, 5) is 37.6. The molecule has 0 radical (unpaired) electrons. The van der Waals surface area contributed by atoms with Crippen molar-refractivity contribution in [1.29, 1.82) is 0 Å². The number of aliphatic hydroxyl groups is 1. The van der Waals surface area contributed by atoms with E-state index in [2.05, 4.69) is 0 Å². The molecule has 194 valence electrons. The Morgan fingerprint density at radius 3 is 2.66 bits per heavy atom. The van der Waals surface area contributed by atoms with Crippen molar-refractivity contribution >= 4 is 17.5 Å². The number of hydrogen-bond donors (Lipinski definition) is 1. The molecule has 7 atom stereocenters. The number of ketones is 2. The third-order valence-corrected chi connectivity index (χ3v) is 9.45. The van der Waals surface area contributed by atoms with Crippen LogP contribution in [0.25, 0.3) is 0 Å². The predicted octanol–water partition coefficient (Wildman–Crippen LogP) is 3.63. The van der Waals surface area contributed by atoms with Gasteiger partial charge in [0.05, 0.1) is 6.10 Å². The fourth-order valence-corrected chi connectivity index (χ4v) is 7.67. The van der Waals surface area contributed by atoms with E-state index in [-0.39, 0.29) is 37.1 Å². The van der Waals surface area contributed by atoms with Gasteiger partial charge < -0.3 is 19.3 Å². The number of fused-ring (bicyclic) bond motifs is 5. The quantitative estimate of drug-likeness (QED) is 0.408. The van der Waals surface area contributed by atoms with Gasteiger partial charge in [-0.05, 0) is 63.5 Å². The molecule has 0 heterocycles. The van der Waals surface area contributed by atoms with Gasteiger partial charge in [0.2, 0.25) is 5.78 Å². The van der Waals surface area contributed by atoms with Crippen LogP contribution < -0.4 is 0 Å². The minimum Gasteiger partial charge on any atom is -0.458 e. The third kappa shape index (κ3) is 3.66. The molecule has 7 nitrogen and oxygen atoms in total. The first kappa shape index (κ1) is 26.2. The van der Waals surface area contributed by atoms with E-state index in [0.717, 1.165) is 0 Å². The second kappa shape index (κ2) is 9.20. The number of ether oxygens (including phenoxy) is 3. The van der Waals surface area contributed by atoms with Gasteiger partial charge in [0.15, 0.2) is 18.1 Å². The first-order valence-corrected chi connectivity index (χ1v) is 12.6. The summed E-state index contributed by atoms with van der Waals surface area (Å²) < 4.78 is 33.7. The van der Waals surface area contributed by atoms with Crippen molar-refractivity contribution in [2.45, 2.75) is 83.1 Å². The van der Waals surface area contributed by atoms with Crippen LogP contribution in [-0.2, 0) is 28.6 Å². The van der Waals surface area contributed by atoms with Gasteiger partial charge in [-0.1, -0.05) is 25.5 Å². The summed E-state index contributed by atoms with van der Waals surface area (Å²) >= 11 is 0. The molecule has 4 aliphatic carbocycles. The molecule has 0 aliphatic heterocycles. The summed E-state index contributed by atoms with van der Waals surface area (Å²) in [6, 6.07) is 0. The van der Waals surface area contributed by atoms with Gasteiger partial charge in [-0.25, -0.2) is 4.39 Å². The van der Waals surface area contributed by atoms with Crippen molar-refractivity contribution in [1.82, 2.24) is 0 Å². The molecule has 0 aromatic rings. The number of methoxy groups -OCH3 is 1. The van der Waals surface area contributed by atoms with Crippen molar-refractivity contribution in [3.05, 3.63) is 23.8 Å². The smallest absolute Gasteiger partial charge is 0.306 e. The van der Waals surface area contributed by atoms with Crippen LogP contribution in [0.5, 0.6) is 0 Å². The van der Waals surface area contributed by atoms with Crippen LogP contribution in [0, 0.1) is 22.7 Å². The number of Topliss-reactive ketones (excluding diaryl/α,β-unsaturated/α-hetero) is 1. The van der Waals surface area contributed by atoms with Gasteiger partial charge in [-0.2, -0.15) is 0 Å². The Bertz CT molecular complexity index is 959. The Labute approximate surface area is 206 Å². The van der Waals surface area contributed by atoms with Gasteiger partial charge >= 0.3 is 5.97 Å². The number of halogens is 1. The number of esters is 1. The molecular formula is C27H37FO7. The van der Waals surface area contributed by atoms with E-state index in [4.69, 9.17) is 14.2 Å². The molecule has 0 aromatic carbocycles. The maximum atomic E-state index is 17.2. The second-order valence-electron chi connectivity index (χ2n) is 11.0. The summed E-state index contributed by atoms with van der Waals surface area (Å²) in [6.07, 6.45) is 5.86. The average molecular weight is 493 g/mol. The van der Waals surface area contributed by atoms with Crippen LogP contribution in [0.3, 0.4) is 0 Å². The largest absolute Gasteiger partial charge is 0.458 e. The third-order valence-electron chi connectivity index (χ3n) is 9.45. The van der Waals surface area contributed by atoms with Gasteiger partial charge in [-0.15, -0.1) is 0 Å². The first-order valence-electron chi connectivity index (χ1n) is 12.6. The van der Waals surface area contributed by atoms with Crippen LogP contribution in [-0.4, -0.2) is 60.5 Å². The lowest BCUT2D eigenvalue weighted by Gasteiger charge is -2.63. The van der Waals surface area contributed by atoms with Crippen LogP contribution in [0.15, 0.2) is 23.8 Å². The maximum Gasteiger partial charge on any atom is 0.306 e. The van der Waals surface area contributed by atoms with Crippen molar-refractivity contribution in [3.8, 4) is 0 Å². The predicted molar refractivity (Wildman–Crippen MR) is 125 cm³/mol. The molecule has 35 heavy (non-hydrogen) atoms. The topological polar surface area (TPSA) is 99.1 Å². The summed E-state index contributed by atoms with van der Waals surface area (Å²) in [5, 5.41) is 11.5. The zero-order valence-corrected chi connectivity index (χ0v) is 21.1. The van der Waals surface area contributed by atoms with E-state index in [1.807, 2.05) is 13.8 Å². The van der Waals surface area contributed by atoms with E-state index >= 15 is 4.39 Å². The van der Waals surface area contributed by atoms with Crippen molar-refractivity contribution in [3.63, 3.8) is 0 Å². The summed E-state index contributed by atoms with van der Waals surface area (Å²) in [5.41, 5.74) is -4.61. The monoisotopic (exact) mass is 492 g/mol. The summed E-state index contributed by atoms with van der Waals surface area (Å²) in [7, 11) is 1.46. The van der Waals surface area contributed by atoms with E-state index in [1.54, 1.807) is 13.0 Å². The number of carbonyl (C=O) groups excluding carboxylic acids is 3.